The Hall–Kier alpha value is -1.97. The minimum absolute atomic E-state index is 0.349. The normalized spacial score (nSPS) is 10.8. The van der Waals surface area contributed by atoms with E-state index in [9.17, 15) is 9.90 Å². The van der Waals surface area contributed by atoms with E-state index in [2.05, 4.69) is 0 Å². The van der Waals surface area contributed by atoms with Gasteiger partial charge in [0.2, 0.25) is 0 Å². The molecule has 1 aromatic heterocycles. The summed E-state index contributed by atoms with van der Waals surface area (Å²) in [6, 6.07) is 5.56. The number of nitrogens with zero attached hydrogens (tertiary/aromatic N) is 1. The highest BCUT2D eigenvalue weighted by Crippen LogP contribution is 2.33. The lowest BCUT2D eigenvalue weighted by molar-refractivity contribution is 0.0697. The van der Waals surface area contributed by atoms with Gasteiger partial charge in [-0.1, -0.05) is 13.0 Å². The highest BCUT2D eigenvalue weighted by atomic mass is 16.5. The van der Waals surface area contributed by atoms with Crippen LogP contribution in [0.4, 0.5) is 0 Å². The number of hydrogen-bond acceptors (Lipinski definition) is 2. The predicted molar refractivity (Wildman–Crippen MR) is 65.8 cm³/mol. The van der Waals surface area contributed by atoms with Crippen LogP contribution in [0.5, 0.6) is 5.75 Å². The summed E-state index contributed by atoms with van der Waals surface area (Å²) in [6.45, 7) is 1.95. The molecule has 0 unspecified atom stereocenters. The summed E-state index contributed by atoms with van der Waals surface area (Å²) in [4.78, 5) is 11.4. The summed E-state index contributed by atoms with van der Waals surface area (Å²) in [5, 5.41) is 10.0. The van der Waals surface area contributed by atoms with Gasteiger partial charge in [0.25, 0.3) is 0 Å². The fraction of sp³-hybridized carbons (Fsp3) is 0.308. The second kappa shape index (κ2) is 4.13. The first-order valence-electron chi connectivity index (χ1n) is 5.49. The molecule has 0 fully saturated rings. The number of carboxylic acids is 1. The van der Waals surface area contributed by atoms with Crippen molar-refractivity contribution in [3.05, 3.63) is 29.5 Å². The number of ether oxygens (including phenoxy) is 1. The van der Waals surface area contributed by atoms with Crippen molar-refractivity contribution in [2.75, 3.05) is 7.11 Å². The molecule has 2 aromatic rings. The molecule has 0 amide bonds. The Labute approximate surface area is 99.4 Å². The van der Waals surface area contributed by atoms with E-state index in [4.69, 9.17) is 4.74 Å². The number of carboxylic acid groups (broad SMARTS) is 1. The number of rotatable bonds is 3. The van der Waals surface area contributed by atoms with Crippen LogP contribution in [-0.2, 0) is 13.5 Å². The summed E-state index contributed by atoms with van der Waals surface area (Å²) in [6.07, 6.45) is 0.677. The van der Waals surface area contributed by atoms with Crippen molar-refractivity contribution in [1.29, 1.82) is 0 Å². The fourth-order valence-corrected chi connectivity index (χ4v) is 2.32. The van der Waals surface area contributed by atoms with Crippen LogP contribution < -0.4 is 4.74 Å². The van der Waals surface area contributed by atoms with Crippen LogP contribution in [0.2, 0.25) is 0 Å². The van der Waals surface area contributed by atoms with E-state index in [-0.39, 0.29) is 0 Å². The summed E-state index contributed by atoms with van der Waals surface area (Å²) < 4.78 is 7.17. The minimum atomic E-state index is -0.906. The molecule has 2 rings (SSSR count). The molecule has 0 aliphatic rings. The second-order valence-electron chi connectivity index (χ2n) is 3.89. The standard InChI is InChI=1S/C13H15NO3/c1-4-8-12(13(15)16)11-9(14(8)2)6-5-7-10(11)17-3/h5-7H,4H2,1-3H3,(H,15,16). The number of aromatic carboxylic acids is 1. The second-order valence-corrected chi connectivity index (χ2v) is 3.89. The van der Waals surface area contributed by atoms with Gasteiger partial charge in [-0.2, -0.15) is 0 Å². The van der Waals surface area contributed by atoms with E-state index in [1.807, 2.05) is 30.7 Å². The zero-order valence-electron chi connectivity index (χ0n) is 10.2. The Morgan fingerprint density at radius 1 is 1.47 bits per heavy atom. The molecule has 1 heterocycles. The molecule has 1 aromatic carbocycles. The maximum atomic E-state index is 11.4. The van der Waals surface area contributed by atoms with Crippen LogP contribution in [0, 0.1) is 0 Å². The first kappa shape index (κ1) is 11.5. The quantitative estimate of drug-likeness (QED) is 0.885. The molecule has 0 atom stereocenters. The lowest BCUT2D eigenvalue weighted by atomic mass is 10.1. The van der Waals surface area contributed by atoms with Gasteiger partial charge in [-0.25, -0.2) is 4.79 Å². The number of benzene rings is 1. The van der Waals surface area contributed by atoms with Gasteiger partial charge in [-0.05, 0) is 18.6 Å². The number of carbonyl (C=O) groups is 1. The van der Waals surface area contributed by atoms with E-state index in [0.29, 0.717) is 23.1 Å². The number of aromatic nitrogens is 1. The number of aryl methyl sites for hydroxylation is 1. The van der Waals surface area contributed by atoms with Gasteiger partial charge in [0.15, 0.2) is 0 Å². The average molecular weight is 233 g/mol. The minimum Gasteiger partial charge on any atom is -0.496 e. The molecule has 0 aliphatic carbocycles. The van der Waals surface area contributed by atoms with Crippen LogP contribution >= 0.6 is 0 Å². The summed E-state index contributed by atoms with van der Waals surface area (Å²) in [7, 11) is 3.44. The zero-order valence-corrected chi connectivity index (χ0v) is 10.2. The molecule has 0 bridgehead atoms. The highest BCUT2D eigenvalue weighted by molar-refractivity contribution is 6.07. The van der Waals surface area contributed by atoms with Gasteiger partial charge >= 0.3 is 5.97 Å². The predicted octanol–water partition coefficient (Wildman–Crippen LogP) is 2.45. The first-order valence-corrected chi connectivity index (χ1v) is 5.49. The molecule has 4 heteroatoms. The van der Waals surface area contributed by atoms with Crippen LogP contribution in [0.1, 0.15) is 23.0 Å². The molecule has 0 saturated heterocycles. The third-order valence-corrected chi connectivity index (χ3v) is 3.08. The van der Waals surface area contributed by atoms with E-state index in [1.165, 1.54) is 0 Å². The largest absolute Gasteiger partial charge is 0.496 e. The summed E-state index contributed by atoms with van der Waals surface area (Å²) in [5.74, 6) is -0.299. The molecule has 17 heavy (non-hydrogen) atoms. The monoisotopic (exact) mass is 233 g/mol. The van der Waals surface area contributed by atoms with Crippen molar-refractivity contribution in [3.63, 3.8) is 0 Å². The zero-order chi connectivity index (χ0) is 12.6. The van der Waals surface area contributed by atoms with E-state index >= 15 is 0 Å². The van der Waals surface area contributed by atoms with Crippen LogP contribution in [-0.4, -0.2) is 22.8 Å². The molecular weight excluding hydrogens is 218 g/mol. The molecular formula is C13H15NO3. The van der Waals surface area contributed by atoms with Crippen molar-refractivity contribution in [3.8, 4) is 5.75 Å². The van der Waals surface area contributed by atoms with Gasteiger partial charge in [0.1, 0.15) is 5.75 Å². The van der Waals surface area contributed by atoms with Gasteiger partial charge < -0.3 is 14.4 Å². The molecule has 0 radical (unpaired) electrons. The van der Waals surface area contributed by atoms with Gasteiger partial charge in [-0.15, -0.1) is 0 Å². The highest BCUT2D eigenvalue weighted by Gasteiger charge is 2.21. The van der Waals surface area contributed by atoms with Gasteiger partial charge in [0, 0.05) is 12.7 Å². The molecule has 4 nitrogen and oxygen atoms in total. The third-order valence-electron chi connectivity index (χ3n) is 3.08. The topological polar surface area (TPSA) is 51.5 Å². The molecule has 1 N–H and O–H groups in total. The maximum Gasteiger partial charge on any atom is 0.338 e. The van der Waals surface area contributed by atoms with Crippen molar-refractivity contribution in [1.82, 2.24) is 4.57 Å². The lowest BCUT2D eigenvalue weighted by Crippen LogP contribution is -2.03. The van der Waals surface area contributed by atoms with Crippen molar-refractivity contribution in [2.45, 2.75) is 13.3 Å². The Bertz CT molecular complexity index is 584. The molecule has 0 saturated carbocycles. The maximum absolute atomic E-state index is 11.4. The van der Waals surface area contributed by atoms with Crippen LogP contribution in [0.15, 0.2) is 18.2 Å². The molecule has 90 valence electrons. The number of fused-ring (bicyclic) bond motifs is 1. The number of hydrogen-bond donors (Lipinski definition) is 1. The van der Waals surface area contributed by atoms with E-state index in [0.717, 1.165) is 11.2 Å². The fourth-order valence-electron chi connectivity index (χ4n) is 2.32. The van der Waals surface area contributed by atoms with Crippen molar-refractivity contribution >= 4 is 16.9 Å². The van der Waals surface area contributed by atoms with Gasteiger partial charge in [-0.3, -0.25) is 0 Å². The van der Waals surface area contributed by atoms with E-state index < -0.39 is 5.97 Å². The molecule has 0 spiro atoms. The Kier molecular flexibility index (Phi) is 2.79. The Morgan fingerprint density at radius 2 is 2.18 bits per heavy atom. The van der Waals surface area contributed by atoms with Crippen LogP contribution in [0.3, 0.4) is 0 Å². The molecule has 0 aliphatic heterocycles. The van der Waals surface area contributed by atoms with Crippen LogP contribution in [0.25, 0.3) is 10.9 Å². The van der Waals surface area contributed by atoms with Crippen molar-refractivity contribution in [2.24, 2.45) is 7.05 Å². The Morgan fingerprint density at radius 3 is 2.71 bits per heavy atom. The van der Waals surface area contributed by atoms with Crippen molar-refractivity contribution < 1.29 is 14.6 Å². The van der Waals surface area contributed by atoms with Gasteiger partial charge in [0.05, 0.1) is 23.6 Å². The Balaban J connectivity index is 2.96. The number of methoxy groups -OCH3 is 1. The SMILES string of the molecule is CCc1c(C(=O)O)c2c(OC)cccc2n1C. The third kappa shape index (κ3) is 1.56. The summed E-state index contributed by atoms with van der Waals surface area (Å²) >= 11 is 0. The summed E-state index contributed by atoms with van der Waals surface area (Å²) in [5.41, 5.74) is 2.05. The smallest absolute Gasteiger partial charge is 0.338 e. The lowest BCUT2D eigenvalue weighted by Gasteiger charge is -2.02. The first-order chi connectivity index (χ1) is 8.11. The average Bonchev–Trinajstić information content (AvgIpc) is 2.62. The van der Waals surface area contributed by atoms with E-state index in [1.54, 1.807) is 13.2 Å².